The molecule has 8 heteroatoms. The third-order valence-electron chi connectivity index (χ3n) is 3.00. The summed E-state index contributed by atoms with van der Waals surface area (Å²) in [6.07, 6.45) is 4.69. The fraction of sp³-hybridized carbons (Fsp3) is 0.308. The molecule has 112 valence electrons. The number of aromatic nitrogens is 1. The molecule has 2 rings (SSSR count). The second-order valence-corrected chi connectivity index (χ2v) is 6.98. The number of nitro benzene ring substituents is 1. The number of hydrogen-bond acceptors (Lipinski definition) is 6. The van der Waals surface area contributed by atoms with Crippen LogP contribution in [0.1, 0.15) is 6.42 Å². The topological polar surface area (TPSA) is 102 Å². The number of nitrogens with one attached hydrogen (secondary N) is 1. The third-order valence-corrected chi connectivity index (χ3v) is 4.03. The van der Waals surface area contributed by atoms with Crippen LogP contribution in [0.15, 0.2) is 30.6 Å². The molecule has 0 amide bonds. The zero-order valence-electron chi connectivity index (χ0n) is 11.4. The number of nitro groups is 1. The number of pyridine rings is 1. The summed E-state index contributed by atoms with van der Waals surface area (Å²) in [7, 11) is -2.98. The quantitative estimate of drug-likeness (QED) is 0.497. The molecule has 0 saturated carbocycles. The minimum absolute atomic E-state index is 0.000198. The standard InChI is InChI=1S/C13H15N3O4S/c1-21(19,20)8-2-6-15-12-3-4-13(16(17)18)11-9-14-7-5-10(11)12/h3-5,7,9,15H,2,6,8H2,1H3. The Bertz CT molecular complexity index is 774. The Hall–Kier alpha value is -2.22. The molecule has 1 heterocycles. The van der Waals surface area contributed by atoms with E-state index in [1.807, 2.05) is 0 Å². The van der Waals surface area contributed by atoms with E-state index in [0.29, 0.717) is 23.7 Å². The summed E-state index contributed by atoms with van der Waals surface area (Å²) >= 11 is 0. The lowest BCUT2D eigenvalue weighted by molar-refractivity contribution is -0.383. The van der Waals surface area contributed by atoms with Gasteiger partial charge in [0.25, 0.3) is 5.69 Å². The van der Waals surface area contributed by atoms with Gasteiger partial charge in [0.2, 0.25) is 0 Å². The van der Waals surface area contributed by atoms with Crippen molar-refractivity contribution in [3.8, 4) is 0 Å². The Balaban J connectivity index is 2.22. The molecule has 0 atom stereocenters. The molecule has 0 fully saturated rings. The van der Waals surface area contributed by atoms with Gasteiger partial charge in [-0.05, 0) is 18.6 Å². The lowest BCUT2D eigenvalue weighted by Crippen LogP contribution is -2.10. The van der Waals surface area contributed by atoms with Gasteiger partial charge >= 0.3 is 0 Å². The zero-order valence-corrected chi connectivity index (χ0v) is 12.3. The molecule has 1 aromatic heterocycles. The van der Waals surface area contributed by atoms with Gasteiger partial charge in [0.05, 0.1) is 16.1 Å². The third kappa shape index (κ3) is 3.88. The predicted octanol–water partition coefficient (Wildman–Crippen LogP) is 1.99. The minimum atomic E-state index is -2.98. The Morgan fingerprint density at radius 1 is 1.29 bits per heavy atom. The van der Waals surface area contributed by atoms with Crippen molar-refractivity contribution < 1.29 is 13.3 Å². The van der Waals surface area contributed by atoms with Gasteiger partial charge in [-0.3, -0.25) is 15.1 Å². The smallest absolute Gasteiger partial charge is 0.278 e. The Labute approximate surface area is 122 Å². The molecule has 0 aliphatic rings. The fourth-order valence-electron chi connectivity index (χ4n) is 2.05. The number of hydrogen-bond donors (Lipinski definition) is 1. The van der Waals surface area contributed by atoms with E-state index in [2.05, 4.69) is 10.3 Å². The molecular formula is C13H15N3O4S. The molecule has 21 heavy (non-hydrogen) atoms. The van der Waals surface area contributed by atoms with Crippen molar-refractivity contribution in [1.29, 1.82) is 0 Å². The normalized spacial score (nSPS) is 11.5. The number of non-ortho nitro benzene ring substituents is 1. The lowest BCUT2D eigenvalue weighted by Gasteiger charge is -2.09. The largest absolute Gasteiger partial charge is 0.385 e. The first-order chi connectivity index (χ1) is 9.88. The molecule has 0 bridgehead atoms. The van der Waals surface area contributed by atoms with Crippen molar-refractivity contribution in [3.05, 3.63) is 40.7 Å². The van der Waals surface area contributed by atoms with Gasteiger partial charge in [-0.2, -0.15) is 0 Å². The average Bonchev–Trinajstić information content (AvgIpc) is 2.42. The van der Waals surface area contributed by atoms with E-state index in [4.69, 9.17) is 0 Å². The van der Waals surface area contributed by atoms with E-state index in [0.717, 1.165) is 5.69 Å². The van der Waals surface area contributed by atoms with Crippen LogP contribution in [0, 0.1) is 10.1 Å². The second kappa shape index (κ2) is 6.04. The van der Waals surface area contributed by atoms with Crippen molar-refractivity contribution in [2.75, 3.05) is 23.9 Å². The number of nitrogens with zero attached hydrogens (tertiary/aromatic N) is 2. The highest BCUT2D eigenvalue weighted by atomic mass is 32.2. The van der Waals surface area contributed by atoms with E-state index < -0.39 is 14.8 Å². The monoisotopic (exact) mass is 309 g/mol. The second-order valence-electron chi connectivity index (χ2n) is 4.72. The van der Waals surface area contributed by atoms with Crippen LogP contribution < -0.4 is 5.32 Å². The lowest BCUT2D eigenvalue weighted by atomic mass is 10.1. The van der Waals surface area contributed by atoms with E-state index in [-0.39, 0.29) is 11.4 Å². The first-order valence-corrected chi connectivity index (χ1v) is 8.37. The molecule has 0 unspecified atom stereocenters. The highest BCUT2D eigenvalue weighted by Gasteiger charge is 2.14. The number of sulfone groups is 1. The molecule has 0 aliphatic heterocycles. The number of rotatable bonds is 6. The first kappa shape index (κ1) is 15.2. The van der Waals surface area contributed by atoms with Gasteiger partial charge in [0.15, 0.2) is 0 Å². The van der Waals surface area contributed by atoms with E-state index in [9.17, 15) is 18.5 Å². The summed E-state index contributed by atoms with van der Waals surface area (Å²) in [5.41, 5.74) is 0.728. The van der Waals surface area contributed by atoms with Crippen LogP contribution in [0.4, 0.5) is 11.4 Å². The minimum Gasteiger partial charge on any atom is -0.385 e. The van der Waals surface area contributed by atoms with Crippen LogP contribution >= 0.6 is 0 Å². The summed E-state index contributed by atoms with van der Waals surface area (Å²) in [4.78, 5) is 14.5. The summed E-state index contributed by atoms with van der Waals surface area (Å²) in [6, 6.07) is 4.74. The SMILES string of the molecule is CS(=O)(=O)CCCNc1ccc([N+](=O)[O-])c2cnccc12. The van der Waals surface area contributed by atoms with Gasteiger partial charge in [0, 0.05) is 42.3 Å². The summed E-state index contributed by atoms with van der Waals surface area (Å²) in [5, 5.41) is 15.2. The number of benzene rings is 1. The van der Waals surface area contributed by atoms with Crippen molar-refractivity contribution in [3.63, 3.8) is 0 Å². The van der Waals surface area contributed by atoms with Crippen LogP contribution in [0.3, 0.4) is 0 Å². The molecule has 0 saturated heterocycles. The fourth-order valence-corrected chi connectivity index (χ4v) is 2.71. The molecule has 1 N–H and O–H groups in total. The van der Waals surface area contributed by atoms with Gasteiger partial charge < -0.3 is 5.32 Å². The van der Waals surface area contributed by atoms with Crippen LogP contribution in [0.5, 0.6) is 0 Å². The summed E-state index contributed by atoms with van der Waals surface area (Å²) in [6.45, 7) is 0.475. The Morgan fingerprint density at radius 2 is 2.05 bits per heavy atom. The van der Waals surface area contributed by atoms with E-state index >= 15 is 0 Å². The molecule has 2 aromatic rings. The molecule has 0 spiro atoms. The molecular weight excluding hydrogens is 294 g/mol. The maximum absolute atomic E-state index is 11.1. The van der Waals surface area contributed by atoms with Crippen molar-refractivity contribution >= 4 is 32.0 Å². The first-order valence-electron chi connectivity index (χ1n) is 6.31. The van der Waals surface area contributed by atoms with Crippen molar-refractivity contribution in [1.82, 2.24) is 4.98 Å². The molecule has 0 radical (unpaired) electrons. The maximum Gasteiger partial charge on any atom is 0.278 e. The molecule has 7 nitrogen and oxygen atoms in total. The zero-order chi connectivity index (χ0) is 15.5. The Morgan fingerprint density at radius 3 is 2.71 bits per heavy atom. The van der Waals surface area contributed by atoms with E-state index in [1.165, 1.54) is 18.5 Å². The Kier molecular flexibility index (Phi) is 4.37. The summed E-state index contributed by atoms with van der Waals surface area (Å²) < 4.78 is 22.1. The molecule has 0 aliphatic carbocycles. The predicted molar refractivity (Wildman–Crippen MR) is 81.2 cm³/mol. The van der Waals surface area contributed by atoms with Gasteiger partial charge in [-0.1, -0.05) is 0 Å². The van der Waals surface area contributed by atoms with Crippen molar-refractivity contribution in [2.45, 2.75) is 6.42 Å². The van der Waals surface area contributed by atoms with Crippen molar-refractivity contribution in [2.24, 2.45) is 0 Å². The maximum atomic E-state index is 11.1. The highest BCUT2D eigenvalue weighted by Crippen LogP contribution is 2.30. The number of fused-ring (bicyclic) bond motifs is 1. The number of anilines is 1. The van der Waals surface area contributed by atoms with Gasteiger partial charge in [-0.25, -0.2) is 8.42 Å². The van der Waals surface area contributed by atoms with Crippen LogP contribution in [-0.4, -0.2) is 36.9 Å². The molecule has 1 aromatic carbocycles. The summed E-state index contributed by atoms with van der Waals surface area (Å²) in [5.74, 6) is 0.104. The van der Waals surface area contributed by atoms with Gasteiger partial charge in [0.1, 0.15) is 9.84 Å². The van der Waals surface area contributed by atoms with Crippen LogP contribution in [-0.2, 0) is 9.84 Å². The highest BCUT2D eigenvalue weighted by molar-refractivity contribution is 7.90. The average molecular weight is 309 g/mol. The van der Waals surface area contributed by atoms with Gasteiger partial charge in [-0.15, -0.1) is 0 Å². The van der Waals surface area contributed by atoms with Crippen LogP contribution in [0.2, 0.25) is 0 Å². The van der Waals surface area contributed by atoms with E-state index in [1.54, 1.807) is 18.3 Å². The van der Waals surface area contributed by atoms with Crippen LogP contribution in [0.25, 0.3) is 10.8 Å².